The maximum absolute atomic E-state index is 6.23. The van der Waals surface area contributed by atoms with Crippen molar-refractivity contribution in [3.8, 4) is 11.4 Å². The molecule has 0 bridgehead atoms. The topological polar surface area (TPSA) is 64.9 Å². The monoisotopic (exact) mass is 607 g/mol. The van der Waals surface area contributed by atoms with Crippen molar-refractivity contribution in [1.82, 2.24) is 14.8 Å². The molecule has 2 fully saturated rings. The second-order valence-electron chi connectivity index (χ2n) is 13.2. The van der Waals surface area contributed by atoms with Crippen LogP contribution in [0.3, 0.4) is 0 Å². The molecule has 0 aliphatic carbocycles. The van der Waals surface area contributed by atoms with E-state index in [1.807, 2.05) is 29.2 Å². The van der Waals surface area contributed by atoms with Crippen molar-refractivity contribution in [2.45, 2.75) is 77.9 Å². The van der Waals surface area contributed by atoms with E-state index < -0.39 is 0 Å². The molecule has 2 aliphatic heterocycles. The fourth-order valence-electron chi connectivity index (χ4n) is 6.08. The van der Waals surface area contributed by atoms with E-state index in [0.717, 1.165) is 49.5 Å². The highest BCUT2D eigenvalue weighted by Gasteiger charge is 2.51. The Balaban J connectivity index is 1.02. The summed E-state index contributed by atoms with van der Waals surface area (Å²) in [6.07, 6.45) is 2.76. The minimum absolute atomic E-state index is 0.0129. The molecule has 0 saturated carbocycles. The number of anilines is 2. The average molecular weight is 608 g/mol. The van der Waals surface area contributed by atoms with Gasteiger partial charge in [-0.15, -0.1) is 0 Å². The smallest absolute Gasteiger partial charge is 0.399 e. The molecule has 0 radical (unpaired) electrons. The summed E-state index contributed by atoms with van der Waals surface area (Å²) in [7, 11) is -0.330. The van der Waals surface area contributed by atoms with Gasteiger partial charge >= 0.3 is 7.12 Å². The molecule has 6 rings (SSSR count). The van der Waals surface area contributed by atoms with Gasteiger partial charge in [-0.25, -0.2) is 9.67 Å². The number of piperazine rings is 1. The van der Waals surface area contributed by atoms with Gasteiger partial charge in [-0.05, 0) is 88.5 Å². The van der Waals surface area contributed by atoms with Gasteiger partial charge in [0, 0.05) is 43.1 Å². The predicted octanol–water partition coefficient (Wildman–Crippen LogP) is 6.13. The van der Waals surface area contributed by atoms with Crippen LogP contribution in [-0.2, 0) is 20.7 Å². The first-order valence-corrected chi connectivity index (χ1v) is 16.3. The number of benzene rings is 3. The van der Waals surface area contributed by atoms with Crippen molar-refractivity contribution in [1.29, 1.82) is 0 Å². The summed E-state index contributed by atoms with van der Waals surface area (Å²) >= 11 is 0. The summed E-state index contributed by atoms with van der Waals surface area (Å²) < 4.78 is 20.6. The first-order chi connectivity index (χ1) is 21.6. The molecule has 3 heterocycles. The highest BCUT2D eigenvalue weighted by molar-refractivity contribution is 6.62. The maximum Gasteiger partial charge on any atom is 0.494 e. The van der Waals surface area contributed by atoms with Crippen LogP contribution in [0, 0.1) is 0 Å². The zero-order valence-electron chi connectivity index (χ0n) is 27.5. The molecular weight excluding hydrogens is 561 g/mol. The van der Waals surface area contributed by atoms with E-state index in [2.05, 4.69) is 117 Å². The first-order valence-electron chi connectivity index (χ1n) is 16.3. The fraction of sp³-hybridized carbons (Fsp3) is 0.444. The number of nitrogens with zero attached hydrogens (tertiary/aromatic N) is 5. The number of ether oxygens (including phenoxy) is 1. The van der Waals surface area contributed by atoms with Crippen molar-refractivity contribution in [3.05, 3.63) is 90.8 Å². The van der Waals surface area contributed by atoms with E-state index >= 15 is 0 Å². The van der Waals surface area contributed by atoms with Crippen molar-refractivity contribution < 1.29 is 14.0 Å². The van der Waals surface area contributed by atoms with Gasteiger partial charge in [0.1, 0.15) is 6.33 Å². The molecule has 8 nitrogen and oxygen atoms in total. The van der Waals surface area contributed by atoms with Crippen LogP contribution >= 0.6 is 0 Å². The van der Waals surface area contributed by atoms with Crippen LogP contribution < -0.4 is 15.3 Å². The lowest BCUT2D eigenvalue weighted by atomic mass is 9.79. The summed E-state index contributed by atoms with van der Waals surface area (Å²) in [5, 5.41) is 4.85. The van der Waals surface area contributed by atoms with Gasteiger partial charge in [0.15, 0.2) is 5.82 Å². The Morgan fingerprint density at radius 1 is 0.800 bits per heavy atom. The van der Waals surface area contributed by atoms with E-state index in [1.54, 1.807) is 0 Å². The van der Waals surface area contributed by atoms with Crippen molar-refractivity contribution >= 4 is 24.0 Å². The van der Waals surface area contributed by atoms with E-state index in [4.69, 9.17) is 19.1 Å². The standard InChI is InChI=1S/C36H46BN5O3/c1-7-33(27(2)43-25-28-11-9-8-10-12-28)42-26-38-34(39-42)29-13-17-31(18-14-29)40-21-23-41(24-22-40)32-19-15-30(16-20-32)37-44-35(3,4)36(5,6)45-37/h8-20,26-27,33H,7,21-25H2,1-6H3. The maximum atomic E-state index is 6.23. The van der Waals surface area contributed by atoms with Gasteiger partial charge in [0.25, 0.3) is 0 Å². The lowest BCUT2D eigenvalue weighted by Crippen LogP contribution is -2.46. The Labute approximate surface area is 268 Å². The Morgan fingerprint density at radius 2 is 1.36 bits per heavy atom. The summed E-state index contributed by atoms with van der Waals surface area (Å²) in [6, 6.07) is 27.7. The molecule has 9 heteroatoms. The van der Waals surface area contributed by atoms with E-state index in [9.17, 15) is 0 Å². The molecule has 45 heavy (non-hydrogen) atoms. The lowest BCUT2D eigenvalue weighted by Gasteiger charge is -2.37. The molecule has 236 valence electrons. The zero-order chi connectivity index (χ0) is 31.6. The Kier molecular flexibility index (Phi) is 9.04. The van der Waals surface area contributed by atoms with Gasteiger partial charge in [-0.1, -0.05) is 49.4 Å². The summed E-state index contributed by atoms with van der Waals surface area (Å²) in [4.78, 5) is 9.54. The number of hydrogen-bond donors (Lipinski definition) is 0. The van der Waals surface area contributed by atoms with Gasteiger partial charge in [0.2, 0.25) is 0 Å². The summed E-state index contributed by atoms with van der Waals surface area (Å²) in [5.41, 5.74) is 5.04. The van der Waals surface area contributed by atoms with E-state index in [-0.39, 0.29) is 30.5 Å². The Hall–Kier alpha value is -3.66. The molecule has 2 unspecified atom stereocenters. The molecular formula is C36H46BN5O3. The zero-order valence-corrected chi connectivity index (χ0v) is 27.5. The van der Waals surface area contributed by atoms with Gasteiger partial charge < -0.3 is 23.8 Å². The van der Waals surface area contributed by atoms with Gasteiger partial charge in [-0.2, -0.15) is 5.10 Å². The molecule has 2 atom stereocenters. The Morgan fingerprint density at radius 3 is 1.91 bits per heavy atom. The summed E-state index contributed by atoms with van der Waals surface area (Å²) in [5.74, 6) is 0.740. The lowest BCUT2D eigenvalue weighted by molar-refractivity contribution is 0.00578. The fourth-order valence-corrected chi connectivity index (χ4v) is 6.08. The predicted molar refractivity (Wildman–Crippen MR) is 182 cm³/mol. The second-order valence-corrected chi connectivity index (χ2v) is 13.2. The van der Waals surface area contributed by atoms with Crippen LogP contribution in [0.4, 0.5) is 11.4 Å². The van der Waals surface area contributed by atoms with E-state index in [0.29, 0.717) is 6.61 Å². The second kappa shape index (κ2) is 13.0. The van der Waals surface area contributed by atoms with Crippen LogP contribution in [-0.4, -0.2) is 65.4 Å². The molecule has 0 N–H and O–H groups in total. The minimum atomic E-state index is -0.335. The Bertz CT molecular complexity index is 1520. The highest BCUT2D eigenvalue weighted by Crippen LogP contribution is 2.36. The van der Waals surface area contributed by atoms with Gasteiger partial charge in [-0.3, -0.25) is 0 Å². The molecule has 2 saturated heterocycles. The van der Waals surface area contributed by atoms with Crippen LogP contribution in [0.2, 0.25) is 0 Å². The molecule has 1 aromatic heterocycles. The van der Waals surface area contributed by atoms with Crippen LogP contribution in [0.5, 0.6) is 0 Å². The normalized spacial score (nSPS) is 19.1. The number of hydrogen-bond acceptors (Lipinski definition) is 7. The first kappa shape index (κ1) is 31.3. The van der Waals surface area contributed by atoms with Gasteiger partial charge in [0.05, 0.1) is 30.0 Å². The average Bonchev–Trinajstić information content (AvgIpc) is 3.62. The number of rotatable bonds is 10. The van der Waals surface area contributed by atoms with E-state index in [1.165, 1.54) is 16.9 Å². The van der Waals surface area contributed by atoms with Crippen LogP contribution in [0.25, 0.3) is 11.4 Å². The highest BCUT2D eigenvalue weighted by atomic mass is 16.7. The quantitative estimate of drug-likeness (QED) is 0.201. The third-order valence-electron chi connectivity index (χ3n) is 9.72. The molecule has 2 aliphatic rings. The molecule has 3 aromatic carbocycles. The molecule has 4 aromatic rings. The number of aromatic nitrogens is 3. The third kappa shape index (κ3) is 6.81. The third-order valence-corrected chi connectivity index (χ3v) is 9.72. The van der Waals surface area contributed by atoms with Crippen LogP contribution in [0.1, 0.15) is 59.6 Å². The molecule has 0 amide bonds. The largest absolute Gasteiger partial charge is 0.494 e. The van der Waals surface area contributed by atoms with Crippen LogP contribution in [0.15, 0.2) is 85.2 Å². The van der Waals surface area contributed by atoms with Crippen molar-refractivity contribution in [2.24, 2.45) is 0 Å². The van der Waals surface area contributed by atoms with Crippen molar-refractivity contribution in [3.63, 3.8) is 0 Å². The minimum Gasteiger partial charge on any atom is -0.399 e. The SMILES string of the molecule is CCC(C(C)OCc1ccccc1)n1cnc(-c2ccc(N3CCN(c4ccc(B5OC(C)(C)C(C)(C)O5)cc4)CC3)cc2)n1. The molecule has 0 spiro atoms. The van der Waals surface area contributed by atoms with Crippen molar-refractivity contribution in [2.75, 3.05) is 36.0 Å². The summed E-state index contributed by atoms with van der Waals surface area (Å²) in [6.45, 7) is 17.1.